The Hall–Kier alpha value is -0.870. The van der Waals surface area contributed by atoms with Gasteiger partial charge in [-0.05, 0) is 13.8 Å². The Morgan fingerprint density at radius 3 is 2.00 bits per heavy atom. The lowest BCUT2D eigenvalue weighted by molar-refractivity contribution is -0.134. The van der Waals surface area contributed by atoms with E-state index < -0.39 is 18.2 Å². The number of rotatable bonds is 3. The molecule has 0 fully saturated rings. The number of carboxylic acids is 1. The van der Waals surface area contributed by atoms with Crippen LogP contribution in [0.3, 0.4) is 0 Å². The molecule has 0 rings (SSSR count). The van der Waals surface area contributed by atoms with E-state index in [9.17, 15) is 4.79 Å². The maximum Gasteiger partial charge on any atom is 0.333 e. The van der Waals surface area contributed by atoms with Crippen molar-refractivity contribution < 1.29 is 20.1 Å². The van der Waals surface area contributed by atoms with Gasteiger partial charge in [0.05, 0.1) is 11.7 Å². The third-order valence-corrected chi connectivity index (χ3v) is 1.33. The van der Waals surface area contributed by atoms with E-state index in [0.717, 1.165) is 0 Å². The fraction of sp³-hybridized carbons (Fsp3) is 0.571. The number of aliphatic carboxylic acids is 1. The van der Waals surface area contributed by atoms with Crippen LogP contribution >= 0.6 is 0 Å². The number of allylic oxidation sites excluding steroid dienone is 1. The Labute approximate surface area is 64.8 Å². The molecular formula is C7H12O4. The quantitative estimate of drug-likeness (QED) is 0.498. The molecule has 2 atom stereocenters. The molecule has 0 heterocycles. The molecule has 0 saturated carbocycles. The summed E-state index contributed by atoms with van der Waals surface area (Å²) in [5.41, 5.74) is -0.181. The fourth-order valence-corrected chi connectivity index (χ4v) is 0.681. The molecule has 11 heavy (non-hydrogen) atoms. The van der Waals surface area contributed by atoms with E-state index in [1.54, 1.807) is 0 Å². The Bertz CT molecular complexity index is 171. The molecule has 64 valence electrons. The van der Waals surface area contributed by atoms with Crippen molar-refractivity contribution in [2.45, 2.75) is 26.1 Å². The van der Waals surface area contributed by atoms with Crippen molar-refractivity contribution >= 4 is 5.97 Å². The number of aliphatic hydroxyl groups excluding tert-OH is 2. The summed E-state index contributed by atoms with van der Waals surface area (Å²) in [5, 5.41) is 26.3. The van der Waals surface area contributed by atoms with E-state index >= 15 is 0 Å². The van der Waals surface area contributed by atoms with Crippen molar-refractivity contribution in [2.24, 2.45) is 0 Å². The molecule has 0 aliphatic rings. The Morgan fingerprint density at radius 1 is 1.45 bits per heavy atom. The monoisotopic (exact) mass is 160 g/mol. The van der Waals surface area contributed by atoms with Crippen LogP contribution in [0.2, 0.25) is 0 Å². The number of carbonyl (C=O) groups is 1. The zero-order valence-electron chi connectivity index (χ0n) is 6.48. The molecule has 0 aromatic rings. The van der Waals surface area contributed by atoms with Gasteiger partial charge in [-0.15, -0.1) is 0 Å². The minimum absolute atomic E-state index is 0.181. The van der Waals surface area contributed by atoms with Crippen molar-refractivity contribution in [1.82, 2.24) is 0 Å². The predicted octanol–water partition coefficient (Wildman–Crippen LogP) is -0.241. The predicted molar refractivity (Wildman–Crippen MR) is 39.1 cm³/mol. The highest BCUT2D eigenvalue weighted by atomic mass is 16.4. The topological polar surface area (TPSA) is 77.8 Å². The van der Waals surface area contributed by atoms with Crippen molar-refractivity contribution in [3.63, 3.8) is 0 Å². The molecule has 0 spiro atoms. The fourth-order valence-electron chi connectivity index (χ4n) is 0.681. The van der Waals surface area contributed by atoms with Gasteiger partial charge in [0.1, 0.15) is 6.10 Å². The van der Waals surface area contributed by atoms with Crippen LogP contribution in [0.5, 0.6) is 0 Å². The highest BCUT2D eigenvalue weighted by molar-refractivity contribution is 5.87. The Morgan fingerprint density at radius 2 is 1.91 bits per heavy atom. The zero-order chi connectivity index (χ0) is 9.02. The first kappa shape index (κ1) is 10.1. The summed E-state index contributed by atoms with van der Waals surface area (Å²) in [6.07, 6.45) is -1.10. The Kier molecular flexibility index (Phi) is 3.78. The van der Waals surface area contributed by atoms with Gasteiger partial charge < -0.3 is 15.3 Å². The van der Waals surface area contributed by atoms with Crippen molar-refractivity contribution in [2.75, 3.05) is 0 Å². The smallest absolute Gasteiger partial charge is 0.333 e. The van der Waals surface area contributed by atoms with Gasteiger partial charge in [-0.2, -0.15) is 0 Å². The second kappa shape index (κ2) is 4.10. The second-order valence-corrected chi connectivity index (χ2v) is 2.23. The summed E-state index contributed by atoms with van der Waals surface area (Å²) in [5.74, 6) is -1.21. The molecule has 0 aromatic carbocycles. The third kappa shape index (κ3) is 2.69. The zero-order valence-corrected chi connectivity index (χ0v) is 6.48. The largest absolute Gasteiger partial charge is 0.478 e. The summed E-state index contributed by atoms with van der Waals surface area (Å²) in [4.78, 5) is 10.3. The summed E-state index contributed by atoms with van der Waals surface area (Å²) < 4.78 is 0. The highest BCUT2D eigenvalue weighted by Gasteiger charge is 2.20. The first-order valence-electron chi connectivity index (χ1n) is 3.26. The standard InChI is InChI=1S/C7H12O4/c1-3-5(7(10)11)6(9)4(2)8/h3-4,6,8-9H,1-2H3,(H,10,11). The minimum atomic E-state index is -1.31. The van der Waals surface area contributed by atoms with Crippen LogP contribution in [-0.4, -0.2) is 33.5 Å². The van der Waals surface area contributed by atoms with Crippen LogP contribution in [0.4, 0.5) is 0 Å². The molecule has 0 aliphatic carbocycles. The highest BCUT2D eigenvalue weighted by Crippen LogP contribution is 2.06. The number of hydrogen-bond donors (Lipinski definition) is 3. The van der Waals surface area contributed by atoms with Crippen LogP contribution in [0.1, 0.15) is 13.8 Å². The van der Waals surface area contributed by atoms with Crippen LogP contribution in [0.25, 0.3) is 0 Å². The molecule has 0 bridgehead atoms. The average molecular weight is 160 g/mol. The summed E-state index contributed by atoms with van der Waals surface area (Å²) in [7, 11) is 0. The number of carboxylic acid groups (broad SMARTS) is 1. The lowest BCUT2D eigenvalue weighted by Crippen LogP contribution is -2.28. The van der Waals surface area contributed by atoms with Gasteiger partial charge in [0.15, 0.2) is 0 Å². The van der Waals surface area contributed by atoms with E-state index in [4.69, 9.17) is 15.3 Å². The lowest BCUT2D eigenvalue weighted by atomic mass is 10.1. The van der Waals surface area contributed by atoms with Gasteiger partial charge in [-0.25, -0.2) is 4.79 Å². The average Bonchev–Trinajstić information content (AvgIpc) is 1.88. The summed E-state index contributed by atoms with van der Waals surface area (Å²) >= 11 is 0. The molecule has 0 aliphatic heterocycles. The number of aliphatic hydroxyl groups is 2. The molecular weight excluding hydrogens is 148 g/mol. The normalized spacial score (nSPS) is 17.6. The van der Waals surface area contributed by atoms with Gasteiger partial charge in [0.2, 0.25) is 0 Å². The van der Waals surface area contributed by atoms with Crippen molar-refractivity contribution in [3.05, 3.63) is 11.6 Å². The van der Waals surface area contributed by atoms with Crippen LogP contribution in [0, 0.1) is 0 Å². The van der Waals surface area contributed by atoms with Crippen LogP contribution in [-0.2, 0) is 4.79 Å². The molecule has 3 N–H and O–H groups in total. The van der Waals surface area contributed by atoms with Crippen molar-refractivity contribution in [3.8, 4) is 0 Å². The van der Waals surface area contributed by atoms with E-state index in [2.05, 4.69) is 0 Å². The molecule has 2 unspecified atom stereocenters. The first-order chi connectivity index (χ1) is 5.00. The number of hydrogen-bond acceptors (Lipinski definition) is 3. The SMILES string of the molecule is CC=C(C(=O)O)C(O)C(C)O. The van der Waals surface area contributed by atoms with E-state index in [1.165, 1.54) is 19.9 Å². The van der Waals surface area contributed by atoms with Gasteiger partial charge in [0, 0.05) is 0 Å². The minimum Gasteiger partial charge on any atom is -0.478 e. The molecule has 4 heteroatoms. The van der Waals surface area contributed by atoms with Crippen molar-refractivity contribution in [1.29, 1.82) is 0 Å². The Balaban J connectivity index is 4.41. The third-order valence-electron chi connectivity index (χ3n) is 1.33. The molecule has 0 aromatic heterocycles. The first-order valence-corrected chi connectivity index (χ1v) is 3.26. The van der Waals surface area contributed by atoms with Gasteiger partial charge >= 0.3 is 5.97 Å². The van der Waals surface area contributed by atoms with Gasteiger partial charge in [-0.3, -0.25) is 0 Å². The molecule has 0 saturated heterocycles. The molecule has 0 radical (unpaired) electrons. The van der Waals surface area contributed by atoms with Gasteiger partial charge in [-0.1, -0.05) is 6.08 Å². The molecule has 0 amide bonds. The van der Waals surface area contributed by atoms with E-state index in [1.807, 2.05) is 0 Å². The van der Waals surface area contributed by atoms with E-state index in [-0.39, 0.29) is 5.57 Å². The van der Waals surface area contributed by atoms with Gasteiger partial charge in [0.25, 0.3) is 0 Å². The molecule has 4 nitrogen and oxygen atoms in total. The van der Waals surface area contributed by atoms with E-state index in [0.29, 0.717) is 0 Å². The second-order valence-electron chi connectivity index (χ2n) is 2.23. The van der Waals surface area contributed by atoms with Crippen LogP contribution in [0.15, 0.2) is 11.6 Å². The maximum absolute atomic E-state index is 10.3. The van der Waals surface area contributed by atoms with Crippen LogP contribution < -0.4 is 0 Å². The maximum atomic E-state index is 10.3. The summed E-state index contributed by atoms with van der Waals surface area (Å²) in [6.45, 7) is 2.83. The lowest BCUT2D eigenvalue weighted by Gasteiger charge is -2.13. The summed E-state index contributed by atoms with van der Waals surface area (Å²) in [6, 6.07) is 0.